The van der Waals surface area contributed by atoms with Crippen molar-refractivity contribution < 1.29 is 4.39 Å². The van der Waals surface area contributed by atoms with Gasteiger partial charge in [0.2, 0.25) is 0 Å². The van der Waals surface area contributed by atoms with E-state index in [1.54, 1.807) is 19.1 Å². The zero-order chi connectivity index (χ0) is 12.1. The molecule has 1 aromatic carbocycles. The van der Waals surface area contributed by atoms with Crippen LogP contribution in [-0.4, -0.2) is 6.04 Å². The molecule has 0 saturated heterocycles. The van der Waals surface area contributed by atoms with E-state index in [1.165, 1.54) is 0 Å². The van der Waals surface area contributed by atoms with Crippen molar-refractivity contribution in [2.45, 2.75) is 32.2 Å². The topological polar surface area (TPSA) is 23.8 Å². The van der Waals surface area contributed by atoms with E-state index < -0.39 is 0 Å². The van der Waals surface area contributed by atoms with Crippen LogP contribution in [0.1, 0.15) is 24.0 Å². The minimum atomic E-state index is -0.338. The Hall–Kier alpha value is -0.860. The van der Waals surface area contributed by atoms with Crippen molar-refractivity contribution in [2.75, 3.05) is 0 Å². The largest absolute Gasteiger partial charge is 0.671 e. The quantitative estimate of drug-likeness (QED) is 0.666. The molecule has 0 heterocycles. The van der Waals surface area contributed by atoms with Crippen LogP contribution in [0.25, 0.3) is 5.73 Å². The molecule has 0 radical (unpaired) electrons. The highest BCUT2D eigenvalue weighted by Crippen LogP contribution is 2.21. The first-order valence-corrected chi connectivity index (χ1v) is 5.70. The fourth-order valence-corrected chi connectivity index (χ4v) is 1.88. The molecule has 3 heteroatoms. The number of rotatable bonds is 5. The maximum atomic E-state index is 13.2. The van der Waals surface area contributed by atoms with E-state index >= 15 is 0 Å². The second kappa shape index (κ2) is 6.02. The van der Waals surface area contributed by atoms with Gasteiger partial charge in [-0.1, -0.05) is 30.5 Å². The molecule has 0 aliphatic rings. The van der Waals surface area contributed by atoms with Crippen LogP contribution in [0.3, 0.4) is 0 Å². The molecule has 0 aliphatic carbocycles. The lowest BCUT2D eigenvalue weighted by Crippen LogP contribution is -1.97. The van der Waals surface area contributed by atoms with Crippen LogP contribution in [-0.2, 0) is 6.42 Å². The Balaban J connectivity index is 2.58. The van der Waals surface area contributed by atoms with E-state index in [0.717, 1.165) is 24.8 Å². The molecule has 0 spiro atoms. The molecule has 0 unspecified atom stereocenters. The Labute approximate surface area is 101 Å². The maximum absolute atomic E-state index is 13.2. The predicted octanol–water partition coefficient (Wildman–Crippen LogP) is 4.72. The summed E-state index contributed by atoms with van der Waals surface area (Å²) in [5.41, 5.74) is 9.11. The molecular weight excluding hydrogens is 225 g/mol. The molecule has 16 heavy (non-hydrogen) atoms. The Bertz CT molecular complexity index is 353. The van der Waals surface area contributed by atoms with Gasteiger partial charge < -0.3 is 5.73 Å². The van der Waals surface area contributed by atoms with Crippen molar-refractivity contribution in [3.8, 4) is 0 Å². The lowest BCUT2D eigenvalue weighted by molar-refractivity contribution is 0.617. The number of nitrogens with one attached hydrogen (secondary N) is 1. The van der Waals surface area contributed by atoms with Crippen LogP contribution in [0, 0.1) is 12.7 Å². The average Bonchev–Trinajstić information content (AvgIpc) is 2.25. The molecule has 1 aromatic rings. The molecule has 0 fully saturated rings. The molecule has 1 rings (SSSR count). The zero-order valence-corrected chi connectivity index (χ0v) is 10.1. The van der Waals surface area contributed by atoms with Gasteiger partial charge in [0.25, 0.3) is 0 Å². The SMILES string of the molecule is C=C[C@@H]([NH-])CCCc1cc(C)c(F)c(Cl)c1. The molecule has 0 aliphatic heterocycles. The van der Waals surface area contributed by atoms with Crippen LogP contribution in [0.2, 0.25) is 5.02 Å². The monoisotopic (exact) mass is 240 g/mol. The van der Waals surface area contributed by atoms with Gasteiger partial charge in [-0.2, -0.15) is 0 Å². The zero-order valence-electron chi connectivity index (χ0n) is 9.39. The average molecular weight is 241 g/mol. The van der Waals surface area contributed by atoms with Crippen LogP contribution < -0.4 is 0 Å². The van der Waals surface area contributed by atoms with Gasteiger partial charge in [0.15, 0.2) is 0 Å². The van der Waals surface area contributed by atoms with Crippen molar-refractivity contribution in [2.24, 2.45) is 0 Å². The molecule has 0 amide bonds. The summed E-state index contributed by atoms with van der Waals surface area (Å²) in [4.78, 5) is 0. The highest BCUT2D eigenvalue weighted by Gasteiger charge is 2.05. The third kappa shape index (κ3) is 3.62. The summed E-state index contributed by atoms with van der Waals surface area (Å²) in [6.45, 7) is 5.28. The van der Waals surface area contributed by atoms with Crippen LogP contribution in [0.4, 0.5) is 4.39 Å². The minimum Gasteiger partial charge on any atom is -0.671 e. The molecule has 1 atom stereocenters. The van der Waals surface area contributed by atoms with Crippen molar-refractivity contribution in [1.29, 1.82) is 0 Å². The van der Waals surface area contributed by atoms with Crippen molar-refractivity contribution >= 4 is 11.6 Å². The van der Waals surface area contributed by atoms with E-state index in [9.17, 15) is 4.39 Å². The van der Waals surface area contributed by atoms with Crippen molar-refractivity contribution in [1.82, 2.24) is 0 Å². The number of halogens is 2. The lowest BCUT2D eigenvalue weighted by Gasteiger charge is -2.14. The highest BCUT2D eigenvalue weighted by atomic mass is 35.5. The predicted molar refractivity (Wildman–Crippen MR) is 67.4 cm³/mol. The van der Waals surface area contributed by atoms with Crippen LogP contribution >= 0.6 is 11.6 Å². The van der Waals surface area contributed by atoms with Crippen molar-refractivity contribution in [3.05, 3.63) is 52.5 Å². The normalized spacial score (nSPS) is 12.5. The Kier molecular flexibility index (Phi) is 4.97. The second-order valence-electron chi connectivity index (χ2n) is 3.94. The molecular formula is C13H16ClFN-. The summed E-state index contributed by atoms with van der Waals surface area (Å²) >= 11 is 5.76. The van der Waals surface area contributed by atoms with Gasteiger partial charge in [0.1, 0.15) is 5.82 Å². The van der Waals surface area contributed by atoms with Gasteiger partial charge >= 0.3 is 0 Å². The highest BCUT2D eigenvalue weighted by molar-refractivity contribution is 6.30. The molecule has 1 N–H and O–H groups in total. The van der Waals surface area contributed by atoms with Crippen LogP contribution in [0.15, 0.2) is 24.8 Å². The molecule has 88 valence electrons. The van der Waals surface area contributed by atoms with Gasteiger partial charge in [-0.15, -0.1) is 18.7 Å². The summed E-state index contributed by atoms with van der Waals surface area (Å²) in [5.74, 6) is -0.338. The summed E-state index contributed by atoms with van der Waals surface area (Å²) in [5, 5.41) is 0.182. The molecule has 0 aromatic heterocycles. The Morgan fingerprint density at radius 3 is 2.81 bits per heavy atom. The van der Waals surface area contributed by atoms with Gasteiger partial charge in [0, 0.05) is 0 Å². The molecule has 1 nitrogen and oxygen atoms in total. The summed E-state index contributed by atoms with van der Waals surface area (Å²) < 4.78 is 13.2. The molecule has 0 bridgehead atoms. The van der Waals surface area contributed by atoms with Gasteiger partial charge in [-0.25, -0.2) is 4.39 Å². The first-order valence-electron chi connectivity index (χ1n) is 5.32. The fourth-order valence-electron chi connectivity index (χ4n) is 1.59. The van der Waals surface area contributed by atoms with E-state index in [4.69, 9.17) is 17.3 Å². The maximum Gasteiger partial charge on any atom is 0.144 e. The Morgan fingerprint density at radius 2 is 2.25 bits per heavy atom. The van der Waals surface area contributed by atoms with Gasteiger partial charge in [-0.3, -0.25) is 0 Å². The first-order chi connectivity index (χ1) is 7.54. The van der Waals surface area contributed by atoms with Gasteiger partial charge in [-0.05, 0) is 30.5 Å². The smallest absolute Gasteiger partial charge is 0.144 e. The Morgan fingerprint density at radius 1 is 1.56 bits per heavy atom. The number of hydrogen-bond donors (Lipinski definition) is 0. The third-order valence-electron chi connectivity index (χ3n) is 2.54. The first kappa shape index (κ1) is 13.2. The minimum absolute atomic E-state index is 0.182. The lowest BCUT2D eigenvalue weighted by atomic mass is 10.0. The third-order valence-corrected chi connectivity index (χ3v) is 2.81. The molecule has 0 saturated carbocycles. The van der Waals surface area contributed by atoms with Crippen molar-refractivity contribution in [3.63, 3.8) is 0 Å². The summed E-state index contributed by atoms with van der Waals surface area (Å²) in [7, 11) is 0. The van der Waals surface area contributed by atoms with E-state index in [2.05, 4.69) is 6.58 Å². The second-order valence-corrected chi connectivity index (χ2v) is 4.35. The standard InChI is InChI=1S/C13H16ClFN/c1-3-11(16)6-4-5-10-7-9(2)13(15)12(14)8-10/h3,7-8,11,16H,1,4-6H2,2H3/q-1/t11-/m1/s1. The van der Waals surface area contributed by atoms with Crippen LogP contribution in [0.5, 0.6) is 0 Å². The number of benzene rings is 1. The number of aryl methyl sites for hydroxylation is 2. The fraction of sp³-hybridized carbons (Fsp3) is 0.385. The van der Waals surface area contributed by atoms with Gasteiger partial charge in [0.05, 0.1) is 5.02 Å². The summed E-state index contributed by atoms with van der Waals surface area (Å²) in [6, 6.07) is 3.27. The van der Waals surface area contributed by atoms with E-state index in [0.29, 0.717) is 5.56 Å². The summed E-state index contributed by atoms with van der Waals surface area (Å²) in [6.07, 6.45) is 4.12. The number of hydrogen-bond acceptors (Lipinski definition) is 0. The van der Waals surface area contributed by atoms with E-state index in [1.807, 2.05) is 6.07 Å². The van der Waals surface area contributed by atoms with E-state index in [-0.39, 0.29) is 16.9 Å².